The summed E-state index contributed by atoms with van der Waals surface area (Å²) in [5.74, 6) is 1.32. The van der Waals surface area contributed by atoms with E-state index in [0.29, 0.717) is 36.0 Å². The maximum Gasteiger partial charge on any atom is 0.255 e. The van der Waals surface area contributed by atoms with Crippen molar-refractivity contribution in [2.75, 3.05) is 25.1 Å². The first kappa shape index (κ1) is 19.3. The number of rotatable bonds is 4. The molecule has 1 aromatic carbocycles. The van der Waals surface area contributed by atoms with E-state index < -0.39 is 0 Å². The maximum atomic E-state index is 13.1. The van der Waals surface area contributed by atoms with E-state index in [-0.39, 0.29) is 23.6 Å². The van der Waals surface area contributed by atoms with Crippen LogP contribution >= 0.6 is 0 Å². The Balaban J connectivity index is 1.40. The molecule has 2 atom stereocenters. The van der Waals surface area contributed by atoms with Crippen molar-refractivity contribution in [2.45, 2.75) is 18.5 Å². The number of anilines is 1. The molecule has 2 unspecified atom stereocenters. The lowest BCUT2D eigenvalue weighted by Crippen LogP contribution is -2.50. The first-order chi connectivity index (χ1) is 15.0. The van der Waals surface area contributed by atoms with Crippen molar-refractivity contribution in [1.29, 1.82) is 0 Å². The fraction of sp³-hybridized carbons (Fsp3) is 0.304. The Labute approximate surface area is 179 Å². The van der Waals surface area contributed by atoms with Crippen molar-refractivity contribution in [1.82, 2.24) is 19.4 Å². The van der Waals surface area contributed by atoms with Gasteiger partial charge in [0.25, 0.3) is 11.5 Å². The lowest BCUT2D eigenvalue weighted by atomic mass is 10.1. The summed E-state index contributed by atoms with van der Waals surface area (Å²) in [6.45, 7) is 1.26. The van der Waals surface area contributed by atoms with Gasteiger partial charge in [0.1, 0.15) is 5.75 Å². The maximum absolute atomic E-state index is 13.1. The van der Waals surface area contributed by atoms with Crippen molar-refractivity contribution in [2.24, 2.45) is 7.05 Å². The Morgan fingerprint density at radius 1 is 1.10 bits per heavy atom. The van der Waals surface area contributed by atoms with Crippen LogP contribution in [0, 0.1) is 0 Å². The average molecular weight is 417 g/mol. The number of carbonyl (C=O) groups is 1. The van der Waals surface area contributed by atoms with Crippen LogP contribution in [0.15, 0.2) is 59.7 Å². The van der Waals surface area contributed by atoms with Crippen LogP contribution in [0.4, 0.5) is 5.95 Å². The second kappa shape index (κ2) is 7.54. The molecule has 2 aromatic heterocycles. The summed E-state index contributed by atoms with van der Waals surface area (Å²) >= 11 is 0. The zero-order valence-corrected chi connectivity index (χ0v) is 17.4. The molecule has 0 spiro atoms. The van der Waals surface area contributed by atoms with Gasteiger partial charge in [-0.25, -0.2) is 4.98 Å². The number of piperazine rings is 1. The number of amides is 1. The van der Waals surface area contributed by atoms with Gasteiger partial charge in [-0.05, 0) is 36.8 Å². The van der Waals surface area contributed by atoms with Crippen LogP contribution in [0.2, 0.25) is 0 Å². The quantitative estimate of drug-likeness (QED) is 0.646. The molecule has 0 saturated carbocycles. The molecule has 3 aromatic rings. The summed E-state index contributed by atoms with van der Waals surface area (Å²) in [4.78, 5) is 38.6. The van der Waals surface area contributed by atoms with E-state index in [1.807, 2.05) is 35.2 Å². The minimum Gasteiger partial charge on any atom is -0.497 e. The number of methoxy groups -OCH3 is 1. The minimum absolute atomic E-state index is 0.0124. The molecule has 5 rings (SSSR count). The molecular weight excluding hydrogens is 394 g/mol. The third-order valence-corrected chi connectivity index (χ3v) is 6.16. The highest BCUT2D eigenvalue weighted by molar-refractivity contribution is 5.95. The van der Waals surface area contributed by atoms with Gasteiger partial charge in [-0.15, -0.1) is 0 Å². The SMILES string of the molecule is COc1cccc(C(=O)N2CC3CC2CN3c2nc(-c3ccncc3)cc(=O)n2C)c1. The highest BCUT2D eigenvalue weighted by Crippen LogP contribution is 2.35. The van der Waals surface area contributed by atoms with Crippen molar-refractivity contribution in [3.8, 4) is 17.0 Å². The second-order valence-corrected chi connectivity index (χ2v) is 7.96. The smallest absolute Gasteiger partial charge is 0.255 e. The fourth-order valence-corrected chi connectivity index (χ4v) is 4.54. The van der Waals surface area contributed by atoms with Crippen LogP contribution in [-0.2, 0) is 7.05 Å². The predicted molar refractivity (Wildman–Crippen MR) is 116 cm³/mol. The van der Waals surface area contributed by atoms with Gasteiger partial charge in [-0.3, -0.25) is 19.1 Å². The molecule has 8 nitrogen and oxygen atoms in total. The molecule has 2 aliphatic heterocycles. The monoisotopic (exact) mass is 417 g/mol. The molecule has 8 heteroatoms. The minimum atomic E-state index is -0.108. The predicted octanol–water partition coefficient (Wildman–Crippen LogP) is 1.95. The number of ether oxygens (including phenoxy) is 1. The Morgan fingerprint density at radius 3 is 2.61 bits per heavy atom. The molecule has 2 fully saturated rings. The topological polar surface area (TPSA) is 80.6 Å². The van der Waals surface area contributed by atoms with Gasteiger partial charge in [0, 0.05) is 49.7 Å². The van der Waals surface area contributed by atoms with Gasteiger partial charge in [0.05, 0.1) is 24.9 Å². The van der Waals surface area contributed by atoms with E-state index in [4.69, 9.17) is 9.72 Å². The number of carbonyl (C=O) groups excluding carboxylic acids is 1. The number of fused-ring (bicyclic) bond motifs is 2. The molecule has 2 saturated heterocycles. The molecule has 2 bridgehead atoms. The number of likely N-dealkylation sites (tertiary alicyclic amines) is 1. The van der Waals surface area contributed by atoms with Crippen LogP contribution in [0.3, 0.4) is 0 Å². The van der Waals surface area contributed by atoms with E-state index in [2.05, 4.69) is 9.88 Å². The molecule has 4 heterocycles. The van der Waals surface area contributed by atoms with Crippen molar-refractivity contribution in [3.63, 3.8) is 0 Å². The number of aromatic nitrogens is 3. The summed E-state index contributed by atoms with van der Waals surface area (Å²) < 4.78 is 6.84. The largest absolute Gasteiger partial charge is 0.497 e. The van der Waals surface area contributed by atoms with Crippen LogP contribution in [0.1, 0.15) is 16.8 Å². The third kappa shape index (κ3) is 3.34. The molecule has 31 heavy (non-hydrogen) atoms. The number of pyridine rings is 1. The van der Waals surface area contributed by atoms with E-state index in [1.165, 1.54) is 0 Å². The first-order valence-corrected chi connectivity index (χ1v) is 10.3. The molecule has 0 N–H and O–H groups in total. The Morgan fingerprint density at radius 2 is 1.90 bits per heavy atom. The van der Waals surface area contributed by atoms with Crippen LogP contribution < -0.4 is 15.2 Å². The van der Waals surface area contributed by atoms with E-state index in [9.17, 15) is 9.59 Å². The van der Waals surface area contributed by atoms with Gasteiger partial charge in [0.2, 0.25) is 5.95 Å². The summed E-state index contributed by atoms with van der Waals surface area (Å²) in [5, 5.41) is 0. The van der Waals surface area contributed by atoms with Crippen molar-refractivity contribution >= 4 is 11.9 Å². The van der Waals surface area contributed by atoms with Gasteiger partial charge >= 0.3 is 0 Å². The Bertz CT molecular complexity index is 1190. The van der Waals surface area contributed by atoms with Gasteiger partial charge < -0.3 is 14.5 Å². The van der Waals surface area contributed by atoms with Crippen LogP contribution in [0.5, 0.6) is 5.75 Å². The van der Waals surface area contributed by atoms with Crippen LogP contribution in [-0.4, -0.2) is 57.6 Å². The molecule has 0 aliphatic carbocycles. The van der Waals surface area contributed by atoms with Crippen molar-refractivity contribution < 1.29 is 9.53 Å². The van der Waals surface area contributed by atoms with E-state index >= 15 is 0 Å². The summed E-state index contributed by atoms with van der Waals surface area (Å²) in [6.07, 6.45) is 4.24. The lowest BCUT2D eigenvalue weighted by molar-refractivity contribution is 0.0724. The molecule has 158 valence electrons. The van der Waals surface area contributed by atoms with Gasteiger partial charge in [-0.2, -0.15) is 0 Å². The molecular formula is C23H23N5O3. The zero-order valence-electron chi connectivity index (χ0n) is 17.4. The molecule has 1 amide bonds. The summed E-state index contributed by atoms with van der Waals surface area (Å²) in [7, 11) is 3.34. The number of nitrogens with zero attached hydrogens (tertiary/aromatic N) is 5. The number of hydrogen-bond donors (Lipinski definition) is 0. The van der Waals surface area contributed by atoms with Crippen molar-refractivity contribution in [3.05, 3.63) is 70.8 Å². The first-order valence-electron chi connectivity index (χ1n) is 10.3. The number of hydrogen-bond acceptors (Lipinski definition) is 6. The van der Waals surface area contributed by atoms with Gasteiger partial charge in [0.15, 0.2) is 0 Å². The fourth-order valence-electron chi connectivity index (χ4n) is 4.54. The van der Waals surface area contributed by atoms with Gasteiger partial charge in [-0.1, -0.05) is 6.07 Å². The normalized spacial score (nSPS) is 19.7. The van der Waals surface area contributed by atoms with E-state index in [0.717, 1.165) is 12.0 Å². The summed E-state index contributed by atoms with van der Waals surface area (Å²) in [5.41, 5.74) is 2.01. The molecule has 0 radical (unpaired) electrons. The zero-order chi connectivity index (χ0) is 21.5. The third-order valence-electron chi connectivity index (χ3n) is 6.16. The lowest BCUT2D eigenvalue weighted by Gasteiger charge is -2.35. The molecule has 2 aliphatic rings. The second-order valence-electron chi connectivity index (χ2n) is 7.96. The summed E-state index contributed by atoms with van der Waals surface area (Å²) in [6, 6.07) is 12.7. The van der Waals surface area contributed by atoms with Crippen LogP contribution in [0.25, 0.3) is 11.3 Å². The Hall–Kier alpha value is -3.68. The average Bonchev–Trinajstić information content (AvgIpc) is 3.42. The standard InChI is InChI=1S/C23H23N5O3/c1-26-21(29)12-20(15-6-8-24-9-7-15)25-23(26)28-14-17-11-18(28)13-27(17)22(30)16-4-3-5-19(10-16)31-2/h3-10,12,17-18H,11,13-14H2,1-2H3. The van der Waals surface area contributed by atoms with E-state index in [1.54, 1.807) is 43.3 Å². The highest BCUT2D eigenvalue weighted by atomic mass is 16.5. The number of benzene rings is 1. The highest BCUT2D eigenvalue weighted by Gasteiger charge is 2.46. The Kier molecular flexibility index (Phi) is 4.69.